The van der Waals surface area contributed by atoms with Gasteiger partial charge in [-0.25, -0.2) is 0 Å². The number of primary amides is 1. The van der Waals surface area contributed by atoms with E-state index in [0.29, 0.717) is 13.2 Å². The minimum atomic E-state index is -0.363. The SMILES string of the molecule is CO[C@@]1(COc2ccccc2C)CCN(CC(N)=O)C1. The number of hydrogen-bond acceptors (Lipinski definition) is 4. The van der Waals surface area contributed by atoms with Crippen LogP contribution < -0.4 is 10.5 Å². The van der Waals surface area contributed by atoms with Gasteiger partial charge < -0.3 is 15.2 Å². The van der Waals surface area contributed by atoms with Crippen LogP contribution in [0.2, 0.25) is 0 Å². The lowest BCUT2D eigenvalue weighted by atomic mass is 10.0. The molecule has 2 rings (SSSR count). The fourth-order valence-electron chi connectivity index (χ4n) is 2.55. The largest absolute Gasteiger partial charge is 0.490 e. The molecule has 1 aliphatic rings. The van der Waals surface area contributed by atoms with Crippen molar-refractivity contribution in [3.05, 3.63) is 29.8 Å². The van der Waals surface area contributed by atoms with Gasteiger partial charge in [0.2, 0.25) is 5.91 Å². The van der Waals surface area contributed by atoms with Crippen LogP contribution in [-0.4, -0.2) is 49.8 Å². The van der Waals surface area contributed by atoms with E-state index in [-0.39, 0.29) is 18.1 Å². The van der Waals surface area contributed by atoms with E-state index >= 15 is 0 Å². The van der Waals surface area contributed by atoms with E-state index in [1.807, 2.05) is 36.1 Å². The monoisotopic (exact) mass is 278 g/mol. The summed E-state index contributed by atoms with van der Waals surface area (Å²) in [4.78, 5) is 13.0. The molecule has 1 aromatic carbocycles. The number of nitrogens with two attached hydrogens (primary N) is 1. The van der Waals surface area contributed by atoms with Crippen molar-refractivity contribution >= 4 is 5.91 Å². The normalized spacial score (nSPS) is 22.9. The molecule has 0 bridgehead atoms. The van der Waals surface area contributed by atoms with E-state index in [4.69, 9.17) is 15.2 Å². The van der Waals surface area contributed by atoms with Crippen molar-refractivity contribution in [2.45, 2.75) is 18.9 Å². The van der Waals surface area contributed by atoms with Crippen LogP contribution in [-0.2, 0) is 9.53 Å². The van der Waals surface area contributed by atoms with E-state index in [1.165, 1.54) is 0 Å². The summed E-state index contributed by atoms with van der Waals surface area (Å²) in [5.74, 6) is 0.564. The second-order valence-electron chi connectivity index (χ2n) is 5.37. The number of para-hydroxylation sites is 1. The van der Waals surface area contributed by atoms with Crippen LogP contribution in [0.15, 0.2) is 24.3 Å². The number of ether oxygens (including phenoxy) is 2. The molecular weight excluding hydrogens is 256 g/mol. The van der Waals surface area contributed by atoms with Gasteiger partial charge in [0.15, 0.2) is 0 Å². The van der Waals surface area contributed by atoms with Crippen LogP contribution >= 0.6 is 0 Å². The number of amides is 1. The van der Waals surface area contributed by atoms with Crippen molar-refractivity contribution < 1.29 is 14.3 Å². The Morgan fingerprint density at radius 3 is 2.85 bits per heavy atom. The molecule has 1 saturated heterocycles. The van der Waals surface area contributed by atoms with Gasteiger partial charge in [-0.2, -0.15) is 0 Å². The molecule has 20 heavy (non-hydrogen) atoms. The number of likely N-dealkylation sites (tertiary alicyclic amines) is 1. The minimum absolute atomic E-state index is 0.273. The zero-order valence-corrected chi connectivity index (χ0v) is 12.1. The molecule has 0 aromatic heterocycles. The van der Waals surface area contributed by atoms with Gasteiger partial charge in [-0.05, 0) is 25.0 Å². The predicted molar refractivity (Wildman–Crippen MR) is 76.7 cm³/mol. The standard InChI is InChI=1S/C15H22N2O3/c1-12-5-3-4-6-13(12)20-11-15(19-2)7-8-17(10-15)9-14(16)18/h3-6H,7-11H2,1-2H3,(H2,16,18)/t15-/m0/s1. The topological polar surface area (TPSA) is 64.8 Å². The summed E-state index contributed by atoms with van der Waals surface area (Å²) in [6.45, 7) is 4.23. The summed E-state index contributed by atoms with van der Waals surface area (Å²) in [6, 6.07) is 7.91. The van der Waals surface area contributed by atoms with Gasteiger partial charge in [-0.3, -0.25) is 9.69 Å². The Balaban J connectivity index is 1.96. The van der Waals surface area contributed by atoms with Crippen molar-refractivity contribution in [1.82, 2.24) is 4.90 Å². The molecule has 1 heterocycles. The van der Waals surface area contributed by atoms with Gasteiger partial charge in [-0.1, -0.05) is 18.2 Å². The molecule has 5 heteroatoms. The number of hydrogen-bond donors (Lipinski definition) is 1. The molecule has 0 saturated carbocycles. The van der Waals surface area contributed by atoms with E-state index in [0.717, 1.165) is 24.3 Å². The summed E-state index contributed by atoms with van der Waals surface area (Å²) in [6.07, 6.45) is 0.836. The molecule has 1 atom stereocenters. The maximum atomic E-state index is 11.0. The molecule has 2 N–H and O–H groups in total. The third-order valence-electron chi connectivity index (χ3n) is 3.79. The fraction of sp³-hybridized carbons (Fsp3) is 0.533. The second kappa shape index (κ2) is 6.24. The summed E-state index contributed by atoms with van der Waals surface area (Å²) < 4.78 is 11.6. The Morgan fingerprint density at radius 2 is 2.20 bits per heavy atom. The summed E-state index contributed by atoms with van der Waals surface area (Å²) in [5.41, 5.74) is 5.97. The van der Waals surface area contributed by atoms with Crippen LogP contribution in [0.5, 0.6) is 5.75 Å². The highest BCUT2D eigenvalue weighted by Gasteiger charge is 2.39. The second-order valence-corrected chi connectivity index (χ2v) is 5.37. The molecule has 5 nitrogen and oxygen atoms in total. The summed E-state index contributed by atoms with van der Waals surface area (Å²) >= 11 is 0. The quantitative estimate of drug-likeness (QED) is 0.841. The van der Waals surface area contributed by atoms with Crippen molar-refractivity contribution in [3.8, 4) is 5.75 Å². The van der Waals surface area contributed by atoms with E-state index in [1.54, 1.807) is 7.11 Å². The van der Waals surface area contributed by atoms with E-state index in [2.05, 4.69) is 0 Å². The first kappa shape index (κ1) is 14.8. The molecule has 1 aromatic rings. The summed E-state index contributed by atoms with van der Waals surface area (Å²) in [7, 11) is 1.69. The zero-order valence-electron chi connectivity index (χ0n) is 12.1. The van der Waals surface area contributed by atoms with Crippen LogP contribution in [0, 0.1) is 6.92 Å². The van der Waals surface area contributed by atoms with E-state index < -0.39 is 0 Å². The van der Waals surface area contributed by atoms with Gasteiger partial charge >= 0.3 is 0 Å². The average molecular weight is 278 g/mol. The lowest BCUT2D eigenvalue weighted by Crippen LogP contribution is -2.42. The first-order valence-corrected chi connectivity index (χ1v) is 6.79. The maximum absolute atomic E-state index is 11.0. The number of aryl methyl sites for hydroxylation is 1. The molecule has 110 valence electrons. The van der Waals surface area contributed by atoms with Crippen LogP contribution in [0.1, 0.15) is 12.0 Å². The highest BCUT2D eigenvalue weighted by atomic mass is 16.5. The highest BCUT2D eigenvalue weighted by Crippen LogP contribution is 2.27. The molecular formula is C15H22N2O3. The lowest BCUT2D eigenvalue weighted by molar-refractivity contribution is -0.119. The molecule has 0 unspecified atom stereocenters. The predicted octanol–water partition coefficient (Wildman–Crippen LogP) is 0.950. The Labute approximate surface area is 119 Å². The Bertz CT molecular complexity index is 478. The Kier molecular flexibility index (Phi) is 4.62. The van der Waals surface area contributed by atoms with Crippen molar-refractivity contribution in [2.75, 3.05) is 33.4 Å². The molecule has 1 aliphatic heterocycles. The van der Waals surface area contributed by atoms with Gasteiger partial charge in [0.25, 0.3) is 0 Å². The van der Waals surface area contributed by atoms with Crippen LogP contribution in [0.3, 0.4) is 0 Å². The highest BCUT2D eigenvalue weighted by molar-refractivity contribution is 5.75. The number of rotatable bonds is 6. The number of carbonyl (C=O) groups is 1. The smallest absolute Gasteiger partial charge is 0.231 e. The van der Waals surface area contributed by atoms with E-state index in [9.17, 15) is 4.79 Å². The molecule has 1 amide bonds. The maximum Gasteiger partial charge on any atom is 0.231 e. The summed E-state index contributed by atoms with van der Waals surface area (Å²) in [5, 5.41) is 0. The number of benzene rings is 1. The molecule has 0 radical (unpaired) electrons. The first-order chi connectivity index (χ1) is 9.54. The van der Waals surface area contributed by atoms with Gasteiger partial charge in [0.05, 0.1) is 6.54 Å². The zero-order chi connectivity index (χ0) is 14.6. The van der Waals surface area contributed by atoms with Crippen molar-refractivity contribution in [3.63, 3.8) is 0 Å². The average Bonchev–Trinajstić information content (AvgIpc) is 2.81. The molecule has 0 aliphatic carbocycles. The van der Waals surface area contributed by atoms with Crippen molar-refractivity contribution in [2.24, 2.45) is 5.73 Å². The number of methoxy groups -OCH3 is 1. The van der Waals surface area contributed by atoms with Gasteiger partial charge in [-0.15, -0.1) is 0 Å². The van der Waals surface area contributed by atoms with Crippen LogP contribution in [0.4, 0.5) is 0 Å². The third kappa shape index (κ3) is 3.49. The molecule has 0 spiro atoms. The van der Waals surface area contributed by atoms with Crippen molar-refractivity contribution in [1.29, 1.82) is 0 Å². The molecule has 1 fully saturated rings. The number of nitrogens with zero attached hydrogens (tertiary/aromatic N) is 1. The Hall–Kier alpha value is -1.59. The lowest BCUT2D eigenvalue weighted by Gasteiger charge is -2.28. The fourth-order valence-corrected chi connectivity index (χ4v) is 2.55. The third-order valence-corrected chi connectivity index (χ3v) is 3.79. The minimum Gasteiger partial charge on any atom is -0.490 e. The van der Waals surface area contributed by atoms with Crippen LogP contribution in [0.25, 0.3) is 0 Å². The number of carbonyl (C=O) groups excluding carboxylic acids is 1. The Morgan fingerprint density at radius 1 is 1.45 bits per heavy atom. The van der Waals surface area contributed by atoms with Gasteiger partial charge in [0, 0.05) is 20.2 Å². The van der Waals surface area contributed by atoms with Gasteiger partial charge in [0.1, 0.15) is 18.0 Å². The first-order valence-electron chi connectivity index (χ1n) is 6.79.